The van der Waals surface area contributed by atoms with Crippen LogP contribution < -0.4 is 10.1 Å². The average Bonchev–Trinajstić information content (AvgIpc) is 3.12. The number of imidazole rings is 1. The smallest absolute Gasteiger partial charge is 0.352 e. The summed E-state index contributed by atoms with van der Waals surface area (Å²) < 4.78 is 7.97. The van der Waals surface area contributed by atoms with E-state index in [4.69, 9.17) is 4.74 Å². The average molecular weight is 383 g/mol. The molecule has 0 spiro atoms. The van der Waals surface area contributed by atoms with Gasteiger partial charge >= 0.3 is 5.97 Å². The number of hydrogen-bond donors (Lipinski definition) is 2. The van der Waals surface area contributed by atoms with Crippen molar-refractivity contribution in [3.63, 3.8) is 0 Å². The summed E-state index contributed by atoms with van der Waals surface area (Å²) in [7, 11) is 0. The maximum Gasteiger partial charge on any atom is 0.352 e. The van der Waals surface area contributed by atoms with E-state index in [1.54, 1.807) is 6.08 Å². The highest BCUT2D eigenvalue weighted by Crippen LogP contribution is 2.36. The van der Waals surface area contributed by atoms with Crippen LogP contribution in [-0.4, -0.2) is 20.6 Å². The van der Waals surface area contributed by atoms with Gasteiger partial charge in [-0.1, -0.05) is 42.5 Å². The van der Waals surface area contributed by atoms with Crippen LogP contribution in [0.1, 0.15) is 11.6 Å². The number of carboxylic acid groups (broad SMARTS) is 1. The van der Waals surface area contributed by atoms with E-state index in [2.05, 4.69) is 10.3 Å². The molecule has 6 heteroatoms. The van der Waals surface area contributed by atoms with Gasteiger partial charge in [-0.25, -0.2) is 9.78 Å². The van der Waals surface area contributed by atoms with Gasteiger partial charge in [0.1, 0.15) is 17.2 Å². The fraction of sp³-hybridized carbons (Fsp3) is 0.0435. The number of para-hydroxylation sites is 3. The van der Waals surface area contributed by atoms with Crippen LogP contribution in [0.3, 0.4) is 0 Å². The number of nitrogens with one attached hydrogen (secondary N) is 1. The molecule has 0 radical (unpaired) electrons. The van der Waals surface area contributed by atoms with E-state index in [9.17, 15) is 9.90 Å². The van der Waals surface area contributed by atoms with Crippen molar-refractivity contribution >= 4 is 23.0 Å². The number of rotatable bonds is 4. The van der Waals surface area contributed by atoms with Crippen LogP contribution in [-0.2, 0) is 4.79 Å². The lowest BCUT2D eigenvalue weighted by atomic mass is 10.0. The molecule has 6 nitrogen and oxygen atoms in total. The van der Waals surface area contributed by atoms with E-state index in [-0.39, 0.29) is 11.7 Å². The minimum atomic E-state index is -1.02. The monoisotopic (exact) mass is 383 g/mol. The predicted octanol–water partition coefficient (Wildman–Crippen LogP) is 4.81. The molecule has 0 saturated heterocycles. The van der Waals surface area contributed by atoms with Crippen molar-refractivity contribution in [3.8, 4) is 11.5 Å². The van der Waals surface area contributed by atoms with Gasteiger partial charge in [0.05, 0.1) is 17.1 Å². The number of carbonyl (C=O) groups is 1. The summed E-state index contributed by atoms with van der Waals surface area (Å²) in [4.78, 5) is 16.2. The number of aliphatic carboxylic acids is 1. The van der Waals surface area contributed by atoms with E-state index in [0.717, 1.165) is 22.3 Å². The van der Waals surface area contributed by atoms with Crippen LogP contribution in [0.15, 0.2) is 90.6 Å². The topological polar surface area (TPSA) is 76.4 Å². The third kappa shape index (κ3) is 3.10. The molecule has 1 atom stereocenters. The zero-order valence-electron chi connectivity index (χ0n) is 15.3. The maximum absolute atomic E-state index is 11.7. The van der Waals surface area contributed by atoms with Crippen LogP contribution in [0.4, 0.5) is 5.95 Å². The molecule has 5 rings (SSSR count). The number of ether oxygens (including phenoxy) is 1. The van der Waals surface area contributed by atoms with Gasteiger partial charge < -0.3 is 15.2 Å². The van der Waals surface area contributed by atoms with Crippen molar-refractivity contribution in [2.45, 2.75) is 6.04 Å². The van der Waals surface area contributed by atoms with Gasteiger partial charge in [-0.05, 0) is 48.0 Å². The first-order chi connectivity index (χ1) is 14.2. The third-order valence-corrected chi connectivity index (χ3v) is 4.85. The molecule has 0 amide bonds. The van der Waals surface area contributed by atoms with Gasteiger partial charge in [-0.15, -0.1) is 0 Å². The summed E-state index contributed by atoms with van der Waals surface area (Å²) in [5, 5.41) is 12.5. The highest BCUT2D eigenvalue weighted by atomic mass is 16.5. The van der Waals surface area contributed by atoms with Crippen LogP contribution >= 0.6 is 0 Å². The molecule has 2 N–H and O–H groups in total. The first-order valence-electron chi connectivity index (χ1n) is 9.21. The van der Waals surface area contributed by atoms with Crippen LogP contribution in [0.25, 0.3) is 11.0 Å². The second-order valence-corrected chi connectivity index (χ2v) is 6.74. The molecule has 0 unspecified atom stereocenters. The molecule has 142 valence electrons. The number of nitrogens with zero attached hydrogens (tertiary/aromatic N) is 2. The van der Waals surface area contributed by atoms with Gasteiger partial charge in [0.25, 0.3) is 0 Å². The van der Waals surface area contributed by atoms with Crippen LogP contribution in [0, 0.1) is 0 Å². The second kappa shape index (κ2) is 6.83. The first-order valence-corrected chi connectivity index (χ1v) is 9.21. The number of anilines is 1. The van der Waals surface area contributed by atoms with E-state index in [1.807, 2.05) is 83.4 Å². The number of fused-ring (bicyclic) bond motifs is 3. The highest BCUT2D eigenvalue weighted by molar-refractivity contribution is 5.92. The van der Waals surface area contributed by atoms with Gasteiger partial charge in [0, 0.05) is 0 Å². The Hall–Kier alpha value is -4.06. The molecule has 0 saturated carbocycles. The van der Waals surface area contributed by atoms with Crippen molar-refractivity contribution in [2.24, 2.45) is 0 Å². The molecular weight excluding hydrogens is 366 g/mol. The minimum absolute atomic E-state index is 0.104. The lowest BCUT2D eigenvalue weighted by molar-refractivity contribution is -0.132. The van der Waals surface area contributed by atoms with Gasteiger partial charge in [0.2, 0.25) is 5.95 Å². The van der Waals surface area contributed by atoms with Crippen LogP contribution in [0.2, 0.25) is 0 Å². The molecule has 29 heavy (non-hydrogen) atoms. The first kappa shape index (κ1) is 17.1. The Kier molecular flexibility index (Phi) is 4.02. The molecule has 1 aliphatic rings. The zero-order chi connectivity index (χ0) is 19.8. The quantitative estimate of drug-likeness (QED) is 0.529. The van der Waals surface area contributed by atoms with Crippen molar-refractivity contribution in [1.29, 1.82) is 0 Å². The Bertz CT molecular complexity index is 1240. The Morgan fingerprint density at radius 3 is 2.55 bits per heavy atom. The summed E-state index contributed by atoms with van der Waals surface area (Å²) in [6.07, 6.45) is 1.70. The number of hydrogen-bond acceptors (Lipinski definition) is 4. The molecule has 3 aromatic carbocycles. The lowest BCUT2D eigenvalue weighted by Crippen LogP contribution is -2.23. The van der Waals surface area contributed by atoms with Gasteiger partial charge in [-0.2, -0.15) is 0 Å². The Balaban J connectivity index is 1.61. The molecule has 0 bridgehead atoms. The lowest BCUT2D eigenvalue weighted by Gasteiger charge is -2.25. The van der Waals surface area contributed by atoms with Gasteiger partial charge in [-0.3, -0.25) is 4.57 Å². The molecule has 1 aromatic heterocycles. The van der Waals surface area contributed by atoms with Crippen molar-refractivity contribution in [1.82, 2.24) is 9.55 Å². The van der Waals surface area contributed by atoms with Crippen molar-refractivity contribution in [3.05, 3.63) is 96.2 Å². The maximum atomic E-state index is 11.7. The summed E-state index contributed by atoms with van der Waals surface area (Å²) in [5.41, 5.74) is 2.74. The van der Waals surface area contributed by atoms with E-state index < -0.39 is 5.97 Å². The fourth-order valence-electron chi connectivity index (χ4n) is 3.57. The summed E-state index contributed by atoms with van der Waals surface area (Å²) in [5.74, 6) is 0.907. The van der Waals surface area contributed by atoms with Gasteiger partial charge in [0.15, 0.2) is 0 Å². The van der Waals surface area contributed by atoms with Crippen molar-refractivity contribution in [2.75, 3.05) is 5.32 Å². The third-order valence-electron chi connectivity index (χ3n) is 4.85. The molecule has 2 heterocycles. The molecular formula is C23H17N3O3. The number of benzene rings is 3. The normalized spacial score (nSPS) is 15.3. The second-order valence-electron chi connectivity index (χ2n) is 6.74. The summed E-state index contributed by atoms with van der Waals surface area (Å²) in [6, 6.07) is 24.6. The zero-order valence-corrected chi connectivity index (χ0v) is 15.3. The van der Waals surface area contributed by atoms with Crippen molar-refractivity contribution < 1.29 is 14.6 Å². The molecule has 1 aliphatic heterocycles. The Morgan fingerprint density at radius 2 is 1.72 bits per heavy atom. The number of aromatic nitrogens is 2. The van der Waals surface area contributed by atoms with E-state index in [0.29, 0.717) is 11.7 Å². The minimum Gasteiger partial charge on any atom is -0.477 e. The summed E-state index contributed by atoms with van der Waals surface area (Å²) >= 11 is 0. The largest absolute Gasteiger partial charge is 0.477 e. The molecule has 0 fully saturated rings. The van der Waals surface area contributed by atoms with Crippen LogP contribution in [0.5, 0.6) is 11.5 Å². The SMILES string of the molecule is O=C(O)C1=C[C@H](c2cccc(Oc3ccccc3)c2)n2c(nc3ccccc32)N1. The Labute approximate surface area is 166 Å². The summed E-state index contributed by atoms with van der Waals surface area (Å²) in [6.45, 7) is 0. The fourth-order valence-corrected chi connectivity index (χ4v) is 3.57. The van der Waals surface area contributed by atoms with E-state index in [1.165, 1.54) is 0 Å². The number of carboxylic acids is 1. The molecule has 0 aliphatic carbocycles. The molecule has 4 aromatic rings. The van der Waals surface area contributed by atoms with E-state index >= 15 is 0 Å². The Morgan fingerprint density at radius 1 is 0.966 bits per heavy atom. The number of allylic oxidation sites excluding steroid dienone is 1. The highest BCUT2D eigenvalue weighted by Gasteiger charge is 2.27. The standard InChI is InChI=1S/C23H17N3O3/c27-22(28)19-14-21(26-20-12-5-4-11-18(20)24-23(26)25-19)15-7-6-10-17(13-15)29-16-8-2-1-3-9-16/h1-14,21H,(H,24,25)(H,27,28)/t21-/m1/s1. The predicted molar refractivity (Wildman–Crippen MR) is 110 cm³/mol.